The molecule has 0 aliphatic carbocycles. The molecule has 0 radical (unpaired) electrons. The lowest BCUT2D eigenvalue weighted by Crippen LogP contribution is -2.31. The first-order chi connectivity index (χ1) is 12.6. The van der Waals surface area contributed by atoms with E-state index in [2.05, 4.69) is 15.0 Å². The highest BCUT2D eigenvalue weighted by molar-refractivity contribution is 6.35. The van der Waals surface area contributed by atoms with Gasteiger partial charge < -0.3 is 14.8 Å². The molecule has 27 heavy (non-hydrogen) atoms. The molecular formula is C17H15Cl2F3N2O3. The lowest BCUT2D eigenvalue weighted by Gasteiger charge is -2.15. The Morgan fingerprint density at radius 3 is 2.56 bits per heavy atom. The fourth-order valence-corrected chi connectivity index (χ4v) is 2.45. The quantitative estimate of drug-likeness (QED) is 0.708. The summed E-state index contributed by atoms with van der Waals surface area (Å²) in [6.45, 7) is -0.00483. The van der Waals surface area contributed by atoms with Crippen molar-refractivity contribution in [3.8, 4) is 11.5 Å². The largest absolute Gasteiger partial charge is 0.483 e. The molecule has 0 saturated heterocycles. The van der Waals surface area contributed by atoms with E-state index in [9.17, 15) is 18.0 Å². The number of carbonyl (C=O) groups excluding carboxylic acids is 1. The second-order valence-electron chi connectivity index (χ2n) is 5.48. The number of rotatable bonds is 7. The zero-order valence-electron chi connectivity index (χ0n) is 14.0. The third kappa shape index (κ3) is 7.15. The summed E-state index contributed by atoms with van der Waals surface area (Å²) in [6.07, 6.45) is -3.26. The highest BCUT2D eigenvalue weighted by Gasteiger charge is 2.28. The normalized spacial score (nSPS) is 12.4. The number of nitrogens with zero attached hydrogens (tertiary/aromatic N) is 1. The van der Waals surface area contributed by atoms with Gasteiger partial charge in [0.25, 0.3) is 5.91 Å². The molecule has 0 saturated carbocycles. The molecule has 5 nitrogen and oxygen atoms in total. The Balaban J connectivity index is 1.84. The van der Waals surface area contributed by atoms with Crippen molar-refractivity contribution in [1.29, 1.82) is 0 Å². The first kappa shape index (κ1) is 21.1. The average Bonchev–Trinajstić information content (AvgIpc) is 2.59. The first-order valence-corrected chi connectivity index (χ1v) is 8.42. The van der Waals surface area contributed by atoms with Crippen LogP contribution < -0.4 is 14.8 Å². The van der Waals surface area contributed by atoms with Gasteiger partial charge in [0, 0.05) is 5.02 Å². The topological polar surface area (TPSA) is 60.5 Å². The van der Waals surface area contributed by atoms with Crippen LogP contribution in [0.2, 0.25) is 10.0 Å². The Morgan fingerprint density at radius 1 is 1.22 bits per heavy atom. The van der Waals surface area contributed by atoms with Crippen LogP contribution in [0.4, 0.5) is 13.2 Å². The van der Waals surface area contributed by atoms with Crippen LogP contribution in [-0.4, -0.2) is 30.3 Å². The van der Waals surface area contributed by atoms with Gasteiger partial charge >= 0.3 is 6.18 Å². The van der Waals surface area contributed by atoms with Gasteiger partial charge in [0.05, 0.1) is 23.0 Å². The van der Waals surface area contributed by atoms with Crippen molar-refractivity contribution in [1.82, 2.24) is 10.3 Å². The number of ether oxygens (including phenoxy) is 2. The van der Waals surface area contributed by atoms with Crippen LogP contribution in [0.25, 0.3) is 0 Å². The maximum absolute atomic E-state index is 12.1. The molecule has 1 heterocycles. The summed E-state index contributed by atoms with van der Waals surface area (Å²) >= 11 is 11.7. The molecule has 0 fully saturated rings. The number of carbonyl (C=O) groups is 1. The summed E-state index contributed by atoms with van der Waals surface area (Å²) in [4.78, 5) is 16.0. The fraction of sp³-hybridized carbons (Fsp3) is 0.294. The van der Waals surface area contributed by atoms with E-state index in [1.165, 1.54) is 18.2 Å². The summed E-state index contributed by atoms with van der Waals surface area (Å²) in [5, 5.41) is 3.38. The molecule has 146 valence electrons. The highest BCUT2D eigenvalue weighted by atomic mass is 35.5. The predicted octanol–water partition coefficient (Wildman–Crippen LogP) is 4.59. The van der Waals surface area contributed by atoms with Crippen LogP contribution in [0.15, 0.2) is 36.5 Å². The van der Waals surface area contributed by atoms with Crippen LogP contribution in [0.3, 0.4) is 0 Å². The molecule has 1 aromatic heterocycles. The van der Waals surface area contributed by atoms with Crippen LogP contribution in [0, 0.1) is 0 Å². The van der Waals surface area contributed by atoms with Gasteiger partial charge in [-0.25, -0.2) is 0 Å². The maximum atomic E-state index is 12.1. The molecule has 0 spiro atoms. The van der Waals surface area contributed by atoms with E-state index in [0.29, 0.717) is 16.5 Å². The van der Waals surface area contributed by atoms with Crippen molar-refractivity contribution < 1.29 is 27.4 Å². The average molecular weight is 423 g/mol. The second-order valence-corrected chi connectivity index (χ2v) is 6.32. The zero-order valence-corrected chi connectivity index (χ0v) is 15.5. The van der Waals surface area contributed by atoms with E-state index >= 15 is 0 Å². The lowest BCUT2D eigenvalue weighted by atomic mass is 10.2. The van der Waals surface area contributed by atoms with Crippen molar-refractivity contribution in [2.45, 2.75) is 19.1 Å². The Hall–Kier alpha value is -2.19. The molecular weight excluding hydrogens is 408 g/mol. The standard InChI is InChI=1S/C17H15Cl2F3N2O3/c1-10(14-4-3-12(7-23-14)27-9-17(20,21)22)24-16(25)8-26-15-5-2-11(18)6-13(15)19/h2-7,10H,8-9H2,1H3,(H,24,25)/t10-/m1/s1. The third-order valence-electron chi connectivity index (χ3n) is 3.24. The van der Waals surface area contributed by atoms with Gasteiger partial charge in [-0.1, -0.05) is 23.2 Å². The van der Waals surface area contributed by atoms with Gasteiger partial charge in [0.15, 0.2) is 13.2 Å². The predicted molar refractivity (Wildman–Crippen MR) is 94.3 cm³/mol. The summed E-state index contributed by atoms with van der Waals surface area (Å²) in [5.41, 5.74) is 0.451. The van der Waals surface area contributed by atoms with E-state index in [-0.39, 0.29) is 17.4 Å². The molecule has 10 heteroatoms. The molecule has 0 aliphatic heterocycles. The molecule has 2 aromatic rings. The van der Waals surface area contributed by atoms with Crippen LogP contribution in [0.1, 0.15) is 18.7 Å². The molecule has 0 bridgehead atoms. The molecule has 1 atom stereocenters. The number of amides is 1. The van der Waals surface area contributed by atoms with Crippen LogP contribution in [-0.2, 0) is 4.79 Å². The summed E-state index contributed by atoms with van der Waals surface area (Å²) in [5.74, 6) is -0.129. The van der Waals surface area contributed by atoms with Crippen LogP contribution in [0.5, 0.6) is 11.5 Å². The summed E-state index contributed by atoms with van der Waals surface area (Å²) < 4.78 is 46.2. The number of alkyl halides is 3. The number of benzene rings is 1. The number of hydrogen-bond acceptors (Lipinski definition) is 4. The molecule has 1 N–H and O–H groups in total. The smallest absolute Gasteiger partial charge is 0.422 e. The van der Waals surface area contributed by atoms with Crippen molar-refractivity contribution in [2.24, 2.45) is 0 Å². The number of pyridine rings is 1. The van der Waals surface area contributed by atoms with Gasteiger partial charge in [-0.05, 0) is 37.3 Å². The summed E-state index contributed by atoms with van der Waals surface area (Å²) in [7, 11) is 0. The highest BCUT2D eigenvalue weighted by Crippen LogP contribution is 2.27. The van der Waals surface area contributed by atoms with Crippen molar-refractivity contribution in [3.05, 3.63) is 52.3 Å². The number of nitrogens with one attached hydrogen (secondary N) is 1. The number of aromatic nitrogens is 1. The Bertz CT molecular complexity index is 786. The molecule has 2 rings (SSSR count). The molecule has 0 aliphatic rings. The van der Waals surface area contributed by atoms with E-state index in [0.717, 1.165) is 6.20 Å². The number of halogens is 5. The first-order valence-electron chi connectivity index (χ1n) is 7.67. The number of hydrogen-bond donors (Lipinski definition) is 1. The van der Waals surface area contributed by atoms with Gasteiger partial charge in [-0.2, -0.15) is 13.2 Å². The van der Waals surface area contributed by atoms with Gasteiger partial charge in [-0.15, -0.1) is 0 Å². The van der Waals surface area contributed by atoms with E-state index in [4.69, 9.17) is 27.9 Å². The Kier molecular flexibility index (Phi) is 7.15. The van der Waals surface area contributed by atoms with Crippen molar-refractivity contribution in [3.63, 3.8) is 0 Å². The van der Waals surface area contributed by atoms with E-state index in [1.807, 2.05) is 0 Å². The lowest BCUT2D eigenvalue weighted by molar-refractivity contribution is -0.153. The SMILES string of the molecule is C[C@@H](NC(=O)COc1ccc(Cl)cc1Cl)c1ccc(OCC(F)(F)F)cn1. The van der Waals surface area contributed by atoms with Crippen molar-refractivity contribution in [2.75, 3.05) is 13.2 Å². The van der Waals surface area contributed by atoms with Gasteiger partial charge in [-0.3, -0.25) is 9.78 Å². The molecule has 1 amide bonds. The minimum atomic E-state index is -4.42. The third-order valence-corrected chi connectivity index (χ3v) is 3.77. The monoisotopic (exact) mass is 422 g/mol. The minimum absolute atomic E-state index is 0.0182. The zero-order chi connectivity index (χ0) is 20.0. The Morgan fingerprint density at radius 2 is 1.96 bits per heavy atom. The van der Waals surface area contributed by atoms with E-state index in [1.54, 1.807) is 19.1 Å². The van der Waals surface area contributed by atoms with Gasteiger partial charge in [0.2, 0.25) is 0 Å². The summed E-state index contributed by atoms with van der Waals surface area (Å²) in [6, 6.07) is 6.94. The van der Waals surface area contributed by atoms with Crippen LogP contribution >= 0.6 is 23.2 Å². The second kappa shape index (κ2) is 9.14. The van der Waals surface area contributed by atoms with Crippen molar-refractivity contribution >= 4 is 29.1 Å². The minimum Gasteiger partial charge on any atom is -0.483 e. The maximum Gasteiger partial charge on any atom is 0.422 e. The fourth-order valence-electron chi connectivity index (χ4n) is 1.99. The Labute approximate surface area is 163 Å². The van der Waals surface area contributed by atoms with Gasteiger partial charge in [0.1, 0.15) is 11.5 Å². The molecule has 1 aromatic carbocycles. The molecule has 0 unspecified atom stereocenters. The van der Waals surface area contributed by atoms with E-state index < -0.39 is 24.7 Å².